The van der Waals surface area contributed by atoms with Gasteiger partial charge in [-0.3, -0.25) is 5.41 Å². The largest absolute Gasteiger partial charge is 0.497 e. The summed E-state index contributed by atoms with van der Waals surface area (Å²) in [5.74, 6) is 0.536. The van der Waals surface area contributed by atoms with E-state index in [9.17, 15) is 13.5 Å². The zero-order chi connectivity index (χ0) is 19.2. The van der Waals surface area contributed by atoms with Crippen LogP contribution in [-0.4, -0.2) is 45.7 Å². The molecule has 0 saturated heterocycles. The highest BCUT2D eigenvalue weighted by atomic mass is 32.2. The number of anilines is 1. The molecular formula is C17H22N4O4S. The summed E-state index contributed by atoms with van der Waals surface area (Å²) in [6.07, 6.45) is -0.921. The highest BCUT2D eigenvalue weighted by Crippen LogP contribution is 2.15. The normalized spacial score (nSPS) is 12.4. The summed E-state index contributed by atoms with van der Waals surface area (Å²) in [7, 11) is -2.21. The molecule has 0 spiro atoms. The molecule has 9 heteroatoms. The van der Waals surface area contributed by atoms with Gasteiger partial charge in [-0.15, -0.1) is 0 Å². The first-order valence-corrected chi connectivity index (χ1v) is 9.30. The van der Waals surface area contributed by atoms with Crippen LogP contribution in [0.3, 0.4) is 0 Å². The Bertz CT molecular complexity index is 836. The molecule has 0 heterocycles. The monoisotopic (exact) mass is 378 g/mol. The smallest absolute Gasteiger partial charge is 0.240 e. The molecule has 0 bridgehead atoms. The van der Waals surface area contributed by atoms with E-state index in [1.807, 2.05) is 0 Å². The summed E-state index contributed by atoms with van der Waals surface area (Å²) in [4.78, 5) is 0.0956. The summed E-state index contributed by atoms with van der Waals surface area (Å²) in [5.41, 5.74) is 6.71. The molecule has 0 saturated carbocycles. The number of aliphatic hydroxyl groups is 1. The topological polar surface area (TPSA) is 138 Å². The minimum Gasteiger partial charge on any atom is -0.497 e. The van der Waals surface area contributed by atoms with Crippen LogP contribution >= 0.6 is 0 Å². The molecule has 0 aliphatic carbocycles. The molecule has 0 amide bonds. The van der Waals surface area contributed by atoms with Crippen molar-refractivity contribution in [3.63, 3.8) is 0 Å². The second-order valence-corrected chi connectivity index (χ2v) is 7.32. The van der Waals surface area contributed by atoms with Crippen molar-refractivity contribution in [1.82, 2.24) is 4.72 Å². The van der Waals surface area contributed by atoms with Crippen LogP contribution < -0.4 is 20.5 Å². The molecule has 1 atom stereocenters. The third kappa shape index (κ3) is 5.45. The van der Waals surface area contributed by atoms with E-state index in [2.05, 4.69) is 10.0 Å². The molecule has 0 fully saturated rings. The van der Waals surface area contributed by atoms with Crippen LogP contribution in [0, 0.1) is 5.41 Å². The second-order valence-electron chi connectivity index (χ2n) is 5.55. The van der Waals surface area contributed by atoms with Gasteiger partial charge in [0.25, 0.3) is 0 Å². The maximum absolute atomic E-state index is 12.2. The van der Waals surface area contributed by atoms with E-state index in [4.69, 9.17) is 15.9 Å². The lowest BCUT2D eigenvalue weighted by Crippen LogP contribution is -2.35. The number of aliphatic hydroxyl groups excluding tert-OH is 1. The summed E-state index contributed by atoms with van der Waals surface area (Å²) in [5, 5.41) is 20.3. The van der Waals surface area contributed by atoms with E-state index in [1.165, 1.54) is 19.2 Å². The zero-order valence-corrected chi connectivity index (χ0v) is 15.1. The third-order valence-corrected chi connectivity index (χ3v) is 5.06. The second kappa shape index (κ2) is 8.65. The van der Waals surface area contributed by atoms with Crippen molar-refractivity contribution >= 4 is 21.5 Å². The fourth-order valence-corrected chi connectivity index (χ4v) is 3.19. The average molecular weight is 378 g/mol. The van der Waals surface area contributed by atoms with Crippen LogP contribution in [0.1, 0.15) is 5.56 Å². The average Bonchev–Trinajstić information content (AvgIpc) is 2.65. The van der Waals surface area contributed by atoms with Crippen molar-refractivity contribution in [1.29, 1.82) is 5.41 Å². The molecule has 1 unspecified atom stereocenters. The van der Waals surface area contributed by atoms with Gasteiger partial charge in [-0.1, -0.05) is 0 Å². The predicted octanol–water partition coefficient (Wildman–Crippen LogP) is 0.731. The number of nitrogen functional groups attached to an aromatic ring is 1. The minimum absolute atomic E-state index is 0.0236. The number of hydrogen-bond acceptors (Lipinski definition) is 6. The van der Waals surface area contributed by atoms with Crippen molar-refractivity contribution in [2.24, 2.45) is 5.73 Å². The molecule has 2 aromatic carbocycles. The molecule has 6 N–H and O–H groups in total. The van der Waals surface area contributed by atoms with Crippen LogP contribution in [0.5, 0.6) is 5.75 Å². The van der Waals surface area contributed by atoms with Gasteiger partial charge in [-0.05, 0) is 48.5 Å². The van der Waals surface area contributed by atoms with Crippen molar-refractivity contribution in [2.45, 2.75) is 11.0 Å². The maximum Gasteiger partial charge on any atom is 0.240 e. The Morgan fingerprint density at radius 1 is 1.15 bits per heavy atom. The first-order chi connectivity index (χ1) is 12.3. The lowest BCUT2D eigenvalue weighted by atomic mass is 10.2. The number of amidine groups is 1. The van der Waals surface area contributed by atoms with E-state index in [0.29, 0.717) is 11.3 Å². The van der Waals surface area contributed by atoms with E-state index in [-0.39, 0.29) is 23.8 Å². The molecule has 2 rings (SSSR count). The number of hydrogen-bond donors (Lipinski definition) is 5. The fourth-order valence-electron chi connectivity index (χ4n) is 2.12. The number of rotatable bonds is 9. The Labute approximate surface area is 152 Å². The van der Waals surface area contributed by atoms with Gasteiger partial charge in [0.05, 0.1) is 18.1 Å². The molecule has 8 nitrogen and oxygen atoms in total. The lowest BCUT2D eigenvalue weighted by Gasteiger charge is -2.14. The predicted molar refractivity (Wildman–Crippen MR) is 100 cm³/mol. The highest BCUT2D eigenvalue weighted by Gasteiger charge is 2.16. The Kier molecular flexibility index (Phi) is 6.56. The zero-order valence-electron chi connectivity index (χ0n) is 14.3. The Morgan fingerprint density at radius 3 is 2.31 bits per heavy atom. The SMILES string of the molecule is COc1ccc(S(=O)(=O)NCC(O)CNc2ccc(C(=N)N)cc2)cc1. The molecule has 2 aromatic rings. The number of ether oxygens (including phenoxy) is 1. The van der Waals surface area contributed by atoms with Crippen LogP contribution in [0.15, 0.2) is 53.4 Å². The van der Waals surface area contributed by atoms with Crippen LogP contribution in [-0.2, 0) is 10.0 Å². The van der Waals surface area contributed by atoms with E-state index in [0.717, 1.165) is 5.69 Å². The molecule has 0 aromatic heterocycles. The Balaban J connectivity index is 1.85. The molecule has 0 aliphatic rings. The van der Waals surface area contributed by atoms with Gasteiger partial charge >= 0.3 is 0 Å². The first kappa shape index (κ1) is 19.7. The van der Waals surface area contributed by atoms with Gasteiger partial charge in [0.2, 0.25) is 10.0 Å². The van der Waals surface area contributed by atoms with Crippen molar-refractivity contribution in [3.05, 3.63) is 54.1 Å². The van der Waals surface area contributed by atoms with Crippen molar-refractivity contribution < 1.29 is 18.3 Å². The van der Waals surface area contributed by atoms with Gasteiger partial charge < -0.3 is 20.9 Å². The number of benzene rings is 2. The van der Waals surface area contributed by atoms with Gasteiger partial charge in [0.15, 0.2) is 0 Å². The van der Waals surface area contributed by atoms with E-state index >= 15 is 0 Å². The quantitative estimate of drug-likeness (QED) is 0.322. The van der Waals surface area contributed by atoms with Gasteiger partial charge in [0, 0.05) is 24.3 Å². The standard InChI is InChI=1S/C17H22N4O4S/c1-25-15-6-8-16(9-7-15)26(23,24)21-11-14(22)10-20-13-4-2-12(3-5-13)17(18)19/h2-9,14,20-22H,10-11H2,1H3,(H3,18,19). The molecule has 0 aliphatic heterocycles. The Morgan fingerprint density at radius 2 is 1.77 bits per heavy atom. The summed E-state index contributed by atoms with van der Waals surface area (Å²) in [6.45, 7) is 0.0252. The van der Waals surface area contributed by atoms with Crippen molar-refractivity contribution in [3.8, 4) is 5.75 Å². The number of nitrogens with two attached hydrogens (primary N) is 1. The van der Waals surface area contributed by atoms with Crippen LogP contribution in [0.25, 0.3) is 0 Å². The Hall–Kier alpha value is -2.62. The molecule has 140 valence electrons. The third-order valence-electron chi connectivity index (χ3n) is 3.62. The summed E-state index contributed by atoms with van der Waals surface area (Å²) < 4.78 is 31.8. The van der Waals surface area contributed by atoms with Crippen molar-refractivity contribution in [2.75, 3.05) is 25.5 Å². The van der Waals surface area contributed by atoms with Crippen LogP contribution in [0.2, 0.25) is 0 Å². The van der Waals surface area contributed by atoms with E-state index < -0.39 is 16.1 Å². The van der Waals surface area contributed by atoms with Gasteiger partial charge in [-0.2, -0.15) is 0 Å². The summed E-state index contributed by atoms with van der Waals surface area (Å²) >= 11 is 0. The number of sulfonamides is 1. The summed E-state index contributed by atoms with van der Waals surface area (Å²) in [6, 6.07) is 12.8. The number of nitrogens with one attached hydrogen (secondary N) is 3. The fraction of sp³-hybridized carbons (Fsp3) is 0.235. The van der Waals surface area contributed by atoms with Gasteiger partial charge in [-0.25, -0.2) is 13.1 Å². The molecular weight excluding hydrogens is 356 g/mol. The maximum atomic E-state index is 12.2. The minimum atomic E-state index is -3.71. The first-order valence-electron chi connectivity index (χ1n) is 7.82. The van der Waals surface area contributed by atoms with E-state index in [1.54, 1.807) is 36.4 Å². The number of methoxy groups -OCH3 is 1. The lowest BCUT2D eigenvalue weighted by molar-refractivity contribution is 0.191. The molecule has 26 heavy (non-hydrogen) atoms. The highest BCUT2D eigenvalue weighted by molar-refractivity contribution is 7.89. The molecule has 0 radical (unpaired) electrons. The van der Waals surface area contributed by atoms with Gasteiger partial charge in [0.1, 0.15) is 11.6 Å². The van der Waals surface area contributed by atoms with Crippen LogP contribution in [0.4, 0.5) is 5.69 Å².